The number of aromatic nitrogens is 1. The number of nitrogens with one attached hydrogen (secondary N) is 1. The molecule has 1 N–H and O–H groups in total. The number of oxazole rings is 1. The van der Waals surface area contributed by atoms with E-state index in [0.717, 1.165) is 18.8 Å². The van der Waals surface area contributed by atoms with Crippen molar-refractivity contribution in [3.63, 3.8) is 0 Å². The van der Waals surface area contributed by atoms with Gasteiger partial charge in [-0.15, -0.1) is 0 Å². The van der Waals surface area contributed by atoms with Crippen LogP contribution >= 0.6 is 0 Å². The summed E-state index contributed by atoms with van der Waals surface area (Å²) in [6, 6.07) is 0. The zero-order valence-electron chi connectivity index (χ0n) is 10.2. The fourth-order valence-electron chi connectivity index (χ4n) is 2.56. The van der Waals surface area contributed by atoms with Crippen molar-refractivity contribution >= 4 is 0 Å². The molecule has 16 heavy (non-hydrogen) atoms. The van der Waals surface area contributed by atoms with Crippen LogP contribution in [-0.2, 0) is 6.54 Å². The number of likely N-dealkylation sites (N-methyl/N-ethyl adjacent to an activating group) is 1. The maximum atomic E-state index is 5.20. The summed E-state index contributed by atoms with van der Waals surface area (Å²) in [6.45, 7) is 1.80. The molecule has 1 aliphatic carbocycles. The molecule has 0 bridgehead atoms. The van der Waals surface area contributed by atoms with Crippen molar-refractivity contribution in [1.29, 1.82) is 0 Å². The molecule has 2 rings (SSSR count). The molecule has 1 heterocycles. The topological polar surface area (TPSA) is 41.3 Å². The van der Waals surface area contributed by atoms with E-state index in [9.17, 15) is 0 Å². The second-order valence-corrected chi connectivity index (χ2v) is 4.90. The lowest BCUT2D eigenvalue weighted by atomic mass is 9.96. The molecular weight excluding hydrogens is 202 g/mol. The quantitative estimate of drug-likeness (QED) is 0.824. The summed E-state index contributed by atoms with van der Waals surface area (Å²) in [5, 5.41) is 3.48. The Kier molecular flexibility index (Phi) is 3.61. The smallest absolute Gasteiger partial charge is 0.180 e. The molecule has 1 aromatic heterocycles. The van der Waals surface area contributed by atoms with Crippen molar-refractivity contribution < 1.29 is 4.42 Å². The van der Waals surface area contributed by atoms with Crippen LogP contribution in [0.25, 0.3) is 0 Å². The molecule has 1 aromatic rings. The van der Waals surface area contributed by atoms with Crippen molar-refractivity contribution in [3.05, 3.63) is 18.4 Å². The number of hydrogen-bond donors (Lipinski definition) is 1. The average molecular weight is 223 g/mol. The Morgan fingerprint density at radius 2 is 2.19 bits per heavy atom. The van der Waals surface area contributed by atoms with Crippen LogP contribution in [0.1, 0.15) is 31.4 Å². The van der Waals surface area contributed by atoms with Gasteiger partial charge in [0.25, 0.3) is 0 Å². The van der Waals surface area contributed by atoms with Gasteiger partial charge < -0.3 is 14.6 Å². The zero-order chi connectivity index (χ0) is 11.4. The van der Waals surface area contributed by atoms with Gasteiger partial charge >= 0.3 is 0 Å². The molecule has 0 amide bonds. The number of rotatable bonds is 5. The van der Waals surface area contributed by atoms with Gasteiger partial charge in [-0.25, -0.2) is 4.98 Å². The van der Waals surface area contributed by atoms with Crippen molar-refractivity contribution in [2.45, 2.75) is 37.8 Å². The summed E-state index contributed by atoms with van der Waals surface area (Å²) < 4.78 is 5.20. The van der Waals surface area contributed by atoms with Crippen LogP contribution in [0.3, 0.4) is 0 Å². The van der Waals surface area contributed by atoms with Crippen LogP contribution in [0.2, 0.25) is 0 Å². The number of hydrogen-bond acceptors (Lipinski definition) is 4. The first-order chi connectivity index (χ1) is 7.73. The molecule has 1 fully saturated rings. The first kappa shape index (κ1) is 11.6. The molecule has 0 saturated heterocycles. The molecule has 90 valence electrons. The summed E-state index contributed by atoms with van der Waals surface area (Å²) in [4.78, 5) is 6.28. The van der Waals surface area contributed by atoms with Gasteiger partial charge in [-0.1, -0.05) is 12.8 Å². The molecule has 4 nitrogen and oxygen atoms in total. The van der Waals surface area contributed by atoms with E-state index in [-0.39, 0.29) is 0 Å². The van der Waals surface area contributed by atoms with Crippen LogP contribution in [0.4, 0.5) is 0 Å². The average Bonchev–Trinajstić information content (AvgIpc) is 2.88. The molecule has 4 heteroatoms. The summed E-state index contributed by atoms with van der Waals surface area (Å²) in [5.74, 6) is 0.909. The summed E-state index contributed by atoms with van der Waals surface area (Å²) in [6.07, 6.45) is 8.54. The van der Waals surface area contributed by atoms with Gasteiger partial charge in [0.05, 0.1) is 12.7 Å². The summed E-state index contributed by atoms with van der Waals surface area (Å²) >= 11 is 0. The predicted molar refractivity (Wildman–Crippen MR) is 63.1 cm³/mol. The van der Waals surface area contributed by atoms with Crippen LogP contribution in [0.15, 0.2) is 17.0 Å². The monoisotopic (exact) mass is 223 g/mol. The van der Waals surface area contributed by atoms with Gasteiger partial charge in [-0.05, 0) is 26.9 Å². The minimum Gasteiger partial charge on any atom is -0.447 e. The van der Waals surface area contributed by atoms with Crippen LogP contribution in [0.5, 0.6) is 0 Å². The van der Waals surface area contributed by atoms with Gasteiger partial charge in [-0.3, -0.25) is 0 Å². The highest BCUT2D eigenvalue weighted by molar-refractivity contribution is 4.95. The van der Waals surface area contributed by atoms with Gasteiger partial charge in [0.2, 0.25) is 0 Å². The van der Waals surface area contributed by atoms with Crippen molar-refractivity contribution in [3.8, 4) is 0 Å². The number of nitrogens with zero attached hydrogens (tertiary/aromatic N) is 2. The molecule has 0 atom stereocenters. The summed E-state index contributed by atoms with van der Waals surface area (Å²) in [7, 11) is 4.36. The lowest BCUT2D eigenvalue weighted by Gasteiger charge is -2.36. The Morgan fingerprint density at radius 1 is 1.44 bits per heavy atom. The SMILES string of the molecule is CN(C)C1(CNCc2cnco2)CCCC1. The lowest BCUT2D eigenvalue weighted by Crippen LogP contribution is -2.49. The standard InChI is InChI=1S/C12H21N3O/c1-15(2)12(5-3-4-6-12)9-13-7-11-8-14-10-16-11/h8,10,13H,3-7,9H2,1-2H3. The highest BCUT2D eigenvalue weighted by Crippen LogP contribution is 2.33. The molecular formula is C12H21N3O. The van der Waals surface area contributed by atoms with E-state index in [2.05, 4.69) is 29.3 Å². The van der Waals surface area contributed by atoms with E-state index in [1.807, 2.05) is 0 Å². The highest BCUT2D eigenvalue weighted by atomic mass is 16.3. The predicted octanol–water partition coefficient (Wildman–Crippen LogP) is 1.64. The second-order valence-electron chi connectivity index (χ2n) is 4.90. The maximum absolute atomic E-state index is 5.20. The zero-order valence-corrected chi connectivity index (χ0v) is 10.2. The molecule has 0 aliphatic heterocycles. The largest absolute Gasteiger partial charge is 0.447 e. The Labute approximate surface area is 97.0 Å². The Morgan fingerprint density at radius 3 is 2.75 bits per heavy atom. The Hall–Kier alpha value is -0.870. The van der Waals surface area contributed by atoms with E-state index in [4.69, 9.17) is 4.42 Å². The van der Waals surface area contributed by atoms with Crippen molar-refractivity contribution in [2.24, 2.45) is 0 Å². The van der Waals surface area contributed by atoms with Crippen molar-refractivity contribution in [1.82, 2.24) is 15.2 Å². The maximum Gasteiger partial charge on any atom is 0.180 e. The third-order valence-electron chi connectivity index (χ3n) is 3.72. The molecule has 1 saturated carbocycles. The minimum absolute atomic E-state index is 0.347. The van der Waals surface area contributed by atoms with Gasteiger partial charge in [0.1, 0.15) is 5.76 Å². The molecule has 0 radical (unpaired) electrons. The van der Waals surface area contributed by atoms with Crippen molar-refractivity contribution in [2.75, 3.05) is 20.6 Å². The molecule has 0 aromatic carbocycles. The first-order valence-electron chi connectivity index (χ1n) is 5.98. The molecule has 0 spiro atoms. The molecule has 0 unspecified atom stereocenters. The normalized spacial score (nSPS) is 19.4. The highest BCUT2D eigenvalue weighted by Gasteiger charge is 2.35. The van der Waals surface area contributed by atoms with E-state index < -0.39 is 0 Å². The Bertz CT molecular complexity index is 302. The van der Waals surface area contributed by atoms with Gasteiger partial charge in [0, 0.05) is 12.1 Å². The second kappa shape index (κ2) is 4.97. The molecule has 1 aliphatic rings. The van der Waals surface area contributed by atoms with E-state index in [1.165, 1.54) is 32.1 Å². The minimum atomic E-state index is 0.347. The third-order valence-corrected chi connectivity index (χ3v) is 3.72. The third kappa shape index (κ3) is 2.44. The first-order valence-corrected chi connectivity index (χ1v) is 5.98. The van der Waals surface area contributed by atoms with Crippen LogP contribution in [-0.4, -0.2) is 36.1 Å². The van der Waals surface area contributed by atoms with E-state index >= 15 is 0 Å². The fraction of sp³-hybridized carbons (Fsp3) is 0.750. The van der Waals surface area contributed by atoms with Crippen LogP contribution in [0, 0.1) is 0 Å². The lowest BCUT2D eigenvalue weighted by molar-refractivity contribution is 0.152. The fourth-order valence-corrected chi connectivity index (χ4v) is 2.56. The Balaban J connectivity index is 1.83. The van der Waals surface area contributed by atoms with E-state index in [0.29, 0.717) is 5.54 Å². The van der Waals surface area contributed by atoms with Gasteiger partial charge in [-0.2, -0.15) is 0 Å². The van der Waals surface area contributed by atoms with E-state index in [1.54, 1.807) is 6.20 Å². The van der Waals surface area contributed by atoms with Crippen LogP contribution < -0.4 is 5.32 Å². The summed E-state index contributed by atoms with van der Waals surface area (Å²) in [5.41, 5.74) is 0.347. The van der Waals surface area contributed by atoms with Gasteiger partial charge in [0.15, 0.2) is 6.39 Å².